The maximum atomic E-state index is 12.1. The van der Waals surface area contributed by atoms with Crippen LogP contribution in [0.3, 0.4) is 0 Å². The van der Waals surface area contributed by atoms with E-state index in [1.165, 1.54) is 12.7 Å². The van der Waals surface area contributed by atoms with E-state index in [0.717, 1.165) is 36.0 Å². The van der Waals surface area contributed by atoms with E-state index in [1.54, 1.807) is 6.07 Å². The lowest BCUT2D eigenvalue weighted by Gasteiger charge is -2.10. The van der Waals surface area contributed by atoms with E-state index in [-0.39, 0.29) is 11.8 Å². The molecule has 0 fully saturated rings. The van der Waals surface area contributed by atoms with Gasteiger partial charge in [0.25, 0.3) is 0 Å². The van der Waals surface area contributed by atoms with Crippen molar-refractivity contribution in [3.8, 4) is 0 Å². The van der Waals surface area contributed by atoms with Crippen LogP contribution in [-0.4, -0.2) is 18.9 Å². The summed E-state index contributed by atoms with van der Waals surface area (Å²) in [7, 11) is 1.38. The Kier molecular flexibility index (Phi) is 2.97. The zero-order valence-corrected chi connectivity index (χ0v) is 11.0. The third-order valence-corrected chi connectivity index (χ3v) is 4.03. The summed E-state index contributed by atoms with van der Waals surface area (Å²) in [6.45, 7) is 0. The summed E-state index contributed by atoms with van der Waals surface area (Å²) in [6.07, 6.45) is 4.22. The van der Waals surface area contributed by atoms with E-state index in [1.807, 2.05) is 12.1 Å². The maximum Gasteiger partial charge on any atom is 0.337 e. The number of hydrogen-bond acceptors (Lipinski definition) is 3. The average Bonchev–Trinajstić information content (AvgIpc) is 2.88. The van der Waals surface area contributed by atoms with Crippen molar-refractivity contribution in [1.29, 1.82) is 0 Å². The number of Topliss-reactive ketones (excluding diaryl/α,β-unsaturated/α-hetero) is 1. The van der Waals surface area contributed by atoms with E-state index >= 15 is 0 Å². The standard InChI is InChI=1S/C16H16O3/c1-19-16(18)11-5-7-12-10(9-11)6-8-15(17)14-4-2-3-13(12)14/h5,7,9H,2-4,6,8H2,1H3. The first-order valence-electron chi connectivity index (χ1n) is 6.67. The number of fused-ring (bicyclic) bond motifs is 2. The van der Waals surface area contributed by atoms with Crippen molar-refractivity contribution in [1.82, 2.24) is 0 Å². The smallest absolute Gasteiger partial charge is 0.337 e. The first-order chi connectivity index (χ1) is 9.20. The predicted octanol–water partition coefficient (Wildman–Crippen LogP) is 2.93. The maximum absolute atomic E-state index is 12.1. The Balaban J connectivity index is 2.09. The lowest BCUT2D eigenvalue weighted by Crippen LogP contribution is -2.03. The van der Waals surface area contributed by atoms with Crippen LogP contribution in [0.2, 0.25) is 0 Å². The molecule has 3 heteroatoms. The van der Waals surface area contributed by atoms with Gasteiger partial charge in [0.1, 0.15) is 0 Å². The quantitative estimate of drug-likeness (QED) is 0.726. The number of ether oxygens (including phenoxy) is 1. The lowest BCUT2D eigenvalue weighted by atomic mass is 9.95. The molecule has 19 heavy (non-hydrogen) atoms. The number of carbonyl (C=O) groups is 2. The molecule has 3 rings (SSSR count). The van der Waals surface area contributed by atoms with Crippen LogP contribution in [0.1, 0.15) is 47.2 Å². The molecule has 2 aliphatic carbocycles. The number of carbonyl (C=O) groups excluding carboxylic acids is 2. The number of esters is 1. The highest BCUT2D eigenvalue weighted by Gasteiger charge is 2.26. The number of allylic oxidation sites excluding steroid dienone is 2. The molecule has 0 saturated carbocycles. The third-order valence-electron chi connectivity index (χ3n) is 4.03. The topological polar surface area (TPSA) is 43.4 Å². The predicted molar refractivity (Wildman–Crippen MR) is 71.9 cm³/mol. The van der Waals surface area contributed by atoms with E-state index in [0.29, 0.717) is 18.4 Å². The van der Waals surface area contributed by atoms with Crippen molar-refractivity contribution in [2.75, 3.05) is 7.11 Å². The van der Waals surface area contributed by atoms with Crippen LogP contribution in [0.5, 0.6) is 0 Å². The van der Waals surface area contributed by atoms with Gasteiger partial charge >= 0.3 is 5.97 Å². The second-order valence-corrected chi connectivity index (χ2v) is 5.10. The first kappa shape index (κ1) is 12.2. The fourth-order valence-corrected chi connectivity index (χ4v) is 3.09. The van der Waals surface area contributed by atoms with Crippen molar-refractivity contribution >= 4 is 17.3 Å². The van der Waals surface area contributed by atoms with Crippen LogP contribution in [-0.2, 0) is 16.0 Å². The molecule has 0 amide bonds. The number of ketones is 1. The molecule has 0 bridgehead atoms. The molecule has 0 aliphatic heterocycles. The Hall–Kier alpha value is -1.90. The zero-order valence-electron chi connectivity index (χ0n) is 11.0. The summed E-state index contributed by atoms with van der Waals surface area (Å²) in [5.74, 6) is -0.0395. The van der Waals surface area contributed by atoms with Crippen LogP contribution in [0, 0.1) is 0 Å². The minimum absolute atomic E-state index is 0.281. The largest absolute Gasteiger partial charge is 0.465 e. The summed E-state index contributed by atoms with van der Waals surface area (Å²) in [6, 6.07) is 5.65. The van der Waals surface area contributed by atoms with Crippen LogP contribution < -0.4 is 0 Å². The summed E-state index contributed by atoms with van der Waals surface area (Å²) in [5.41, 5.74) is 5.04. The van der Waals surface area contributed by atoms with Crippen molar-refractivity contribution in [3.05, 3.63) is 40.5 Å². The van der Waals surface area contributed by atoms with Gasteiger partial charge in [0, 0.05) is 6.42 Å². The van der Waals surface area contributed by atoms with Gasteiger partial charge in [-0.1, -0.05) is 6.07 Å². The van der Waals surface area contributed by atoms with Crippen molar-refractivity contribution < 1.29 is 14.3 Å². The van der Waals surface area contributed by atoms with E-state index in [9.17, 15) is 9.59 Å². The summed E-state index contributed by atoms with van der Waals surface area (Å²) in [5, 5.41) is 0. The van der Waals surface area contributed by atoms with Crippen molar-refractivity contribution in [3.63, 3.8) is 0 Å². The summed E-state index contributed by atoms with van der Waals surface area (Å²) >= 11 is 0. The summed E-state index contributed by atoms with van der Waals surface area (Å²) < 4.78 is 4.75. The Bertz CT molecular complexity index is 596. The average molecular weight is 256 g/mol. The zero-order chi connectivity index (χ0) is 13.4. The molecular formula is C16H16O3. The molecule has 0 unspecified atom stereocenters. The molecule has 0 aromatic heterocycles. The second-order valence-electron chi connectivity index (χ2n) is 5.10. The SMILES string of the molecule is COC(=O)c1ccc2c(c1)CCC(=O)C1=C2CCC1. The monoisotopic (exact) mass is 256 g/mol. The highest BCUT2D eigenvalue weighted by molar-refractivity contribution is 6.05. The highest BCUT2D eigenvalue weighted by atomic mass is 16.5. The molecule has 0 heterocycles. The molecular weight excluding hydrogens is 240 g/mol. The number of hydrogen-bond donors (Lipinski definition) is 0. The lowest BCUT2D eigenvalue weighted by molar-refractivity contribution is -0.115. The summed E-state index contributed by atoms with van der Waals surface area (Å²) in [4.78, 5) is 23.7. The van der Waals surface area contributed by atoms with Gasteiger partial charge in [-0.05, 0) is 60.1 Å². The Morgan fingerprint density at radius 3 is 2.68 bits per heavy atom. The number of benzene rings is 1. The minimum Gasteiger partial charge on any atom is -0.465 e. The second kappa shape index (κ2) is 4.65. The molecule has 0 radical (unpaired) electrons. The molecule has 3 nitrogen and oxygen atoms in total. The molecule has 0 N–H and O–H groups in total. The number of rotatable bonds is 1. The van der Waals surface area contributed by atoms with Crippen molar-refractivity contribution in [2.45, 2.75) is 32.1 Å². The molecule has 2 aliphatic rings. The fraction of sp³-hybridized carbons (Fsp3) is 0.375. The third kappa shape index (κ3) is 1.99. The molecule has 1 aromatic carbocycles. The fourth-order valence-electron chi connectivity index (χ4n) is 3.09. The van der Waals surface area contributed by atoms with Crippen LogP contribution >= 0.6 is 0 Å². The van der Waals surface area contributed by atoms with Crippen LogP contribution in [0.25, 0.3) is 5.57 Å². The van der Waals surface area contributed by atoms with Gasteiger partial charge in [-0.25, -0.2) is 4.79 Å². The van der Waals surface area contributed by atoms with Gasteiger partial charge in [0.2, 0.25) is 0 Å². The Morgan fingerprint density at radius 1 is 1.11 bits per heavy atom. The highest BCUT2D eigenvalue weighted by Crippen LogP contribution is 2.39. The van der Waals surface area contributed by atoms with E-state index in [4.69, 9.17) is 4.74 Å². The number of aryl methyl sites for hydroxylation is 1. The number of methoxy groups -OCH3 is 1. The molecule has 98 valence electrons. The van der Waals surface area contributed by atoms with Gasteiger partial charge in [0.15, 0.2) is 5.78 Å². The van der Waals surface area contributed by atoms with Gasteiger partial charge in [-0.3, -0.25) is 4.79 Å². The minimum atomic E-state index is -0.320. The molecule has 0 spiro atoms. The molecule has 1 aromatic rings. The normalized spacial score (nSPS) is 17.8. The molecule has 0 saturated heterocycles. The van der Waals surface area contributed by atoms with Crippen LogP contribution in [0.4, 0.5) is 0 Å². The van der Waals surface area contributed by atoms with Crippen molar-refractivity contribution in [2.24, 2.45) is 0 Å². The van der Waals surface area contributed by atoms with Gasteiger partial charge < -0.3 is 4.74 Å². The molecule has 0 atom stereocenters. The Labute approximate surface area is 112 Å². The van der Waals surface area contributed by atoms with Gasteiger partial charge in [-0.15, -0.1) is 0 Å². The van der Waals surface area contributed by atoms with E-state index < -0.39 is 0 Å². The van der Waals surface area contributed by atoms with Crippen LogP contribution in [0.15, 0.2) is 23.8 Å². The first-order valence-corrected chi connectivity index (χ1v) is 6.67. The van der Waals surface area contributed by atoms with Gasteiger partial charge in [0.05, 0.1) is 12.7 Å². The van der Waals surface area contributed by atoms with E-state index in [2.05, 4.69) is 0 Å². The van der Waals surface area contributed by atoms with Gasteiger partial charge in [-0.2, -0.15) is 0 Å². The Morgan fingerprint density at radius 2 is 1.89 bits per heavy atom.